The Kier molecular flexibility index (Phi) is 5.05. The van der Waals surface area contributed by atoms with E-state index in [1.807, 2.05) is 0 Å². The van der Waals surface area contributed by atoms with Crippen molar-refractivity contribution in [1.82, 2.24) is 24.8 Å². The number of imidazole rings is 2. The van der Waals surface area contributed by atoms with E-state index in [2.05, 4.69) is 29.6 Å². The van der Waals surface area contributed by atoms with Crippen LogP contribution in [0.25, 0.3) is 11.3 Å². The highest BCUT2D eigenvalue weighted by Crippen LogP contribution is 2.28. The minimum absolute atomic E-state index is 0.0568. The molecule has 1 atom stereocenters. The molecule has 1 saturated heterocycles. The van der Waals surface area contributed by atoms with Crippen molar-refractivity contribution in [2.45, 2.75) is 18.9 Å². The minimum Gasteiger partial charge on any atom is -0.406 e. The van der Waals surface area contributed by atoms with Gasteiger partial charge >= 0.3 is 6.36 Å². The molecule has 1 unspecified atom stereocenters. The first-order valence-corrected chi connectivity index (χ1v) is 8.68. The van der Waals surface area contributed by atoms with Gasteiger partial charge in [-0.15, -0.1) is 13.2 Å². The lowest BCUT2D eigenvalue weighted by Crippen LogP contribution is -2.39. The first kappa shape index (κ1) is 18.5. The molecule has 0 spiro atoms. The molecule has 4 rings (SSSR count). The molecule has 10 heteroatoms. The second kappa shape index (κ2) is 7.64. The Labute approximate surface area is 158 Å². The van der Waals surface area contributed by atoms with E-state index < -0.39 is 6.36 Å². The second-order valence-corrected chi connectivity index (χ2v) is 6.39. The van der Waals surface area contributed by atoms with E-state index in [-0.39, 0.29) is 11.8 Å². The molecule has 3 aromatic rings. The Morgan fingerprint density at radius 1 is 1.21 bits per heavy atom. The Morgan fingerprint density at radius 3 is 2.75 bits per heavy atom. The van der Waals surface area contributed by atoms with Gasteiger partial charge in [0, 0.05) is 25.0 Å². The van der Waals surface area contributed by atoms with Gasteiger partial charge in [-0.1, -0.05) is 0 Å². The molecule has 0 amide bonds. The minimum atomic E-state index is -4.71. The summed E-state index contributed by atoms with van der Waals surface area (Å²) >= 11 is 0. The van der Waals surface area contributed by atoms with Gasteiger partial charge in [-0.2, -0.15) is 0 Å². The number of hydrogen-bond donors (Lipinski definition) is 2. The highest BCUT2D eigenvalue weighted by Gasteiger charge is 2.31. The van der Waals surface area contributed by atoms with Gasteiger partial charge in [-0.25, -0.2) is 9.97 Å². The Hall–Kier alpha value is -2.85. The quantitative estimate of drug-likeness (QED) is 0.696. The number of morpholine rings is 1. The fourth-order valence-electron chi connectivity index (χ4n) is 3.16. The first-order valence-electron chi connectivity index (χ1n) is 8.68. The van der Waals surface area contributed by atoms with Gasteiger partial charge in [0.05, 0.1) is 37.5 Å². The number of H-pyrrole nitrogens is 2. The monoisotopic (exact) mass is 393 g/mol. The molecule has 28 heavy (non-hydrogen) atoms. The fraction of sp³-hybridized carbons (Fsp3) is 0.333. The molecule has 0 aliphatic carbocycles. The summed E-state index contributed by atoms with van der Waals surface area (Å²) in [6.45, 7) is 2.58. The molecular weight excluding hydrogens is 375 g/mol. The third kappa shape index (κ3) is 4.34. The predicted octanol–water partition coefficient (Wildman–Crippen LogP) is 3.27. The lowest BCUT2D eigenvalue weighted by Gasteiger charge is -2.33. The lowest BCUT2D eigenvalue weighted by molar-refractivity contribution is -0.274. The fourth-order valence-corrected chi connectivity index (χ4v) is 3.16. The van der Waals surface area contributed by atoms with Gasteiger partial charge in [0.2, 0.25) is 0 Å². The smallest absolute Gasteiger partial charge is 0.406 e. The molecule has 1 aromatic carbocycles. The molecule has 0 radical (unpaired) electrons. The van der Waals surface area contributed by atoms with Crippen LogP contribution in [0.1, 0.15) is 17.6 Å². The number of rotatable bonds is 5. The topological polar surface area (TPSA) is 79.1 Å². The summed E-state index contributed by atoms with van der Waals surface area (Å²) in [5.41, 5.74) is 2.42. The van der Waals surface area contributed by atoms with Crippen LogP contribution in [0.2, 0.25) is 0 Å². The Bertz CT molecular complexity index is 893. The number of hydrogen-bond acceptors (Lipinski definition) is 5. The van der Waals surface area contributed by atoms with Crippen LogP contribution in [0.15, 0.2) is 43.0 Å². The highest BCUT2D eigenvalue weighted by molar-refractivity contribution is 5.59. The van der Waals surface area contributed by atoms with Gasteiger partial charge in [0.1, 0.15) is 11.6 Å². The SMILES string of the molecule is FC(F)(F)Oc1ccc(-c2cnc(C3COCCN3Cc3cnc[nH]3)[nH]2)cc1. The van der Waals surface area contributed by atoms with Crippen LogP contribution in [0.5, 0.6) is 5.75 Å². The van der Waals surface area contributed by atoms with Crippen LogP contribution in [0.3, 0.4) is 0 Å². The zero-order chi connectivity index (χ0) is 19.6. The number of nitrogens with zero attached hydrogens (tertiary/aromatic N) is 3. The van der Waals surface area contributed by atoms with Crippen molar-refractivity contribution < 1.29 is 22.6 Å². The number of aromatic amines is 2. The van der Waals surface area contributed by atoms with E-state index in [9.17, 15) is 13.2 Å². The summed E-state index contributed by atoms with van der Waals surface area (Å²) in [6, 6.07) is 5.60. The predicted molar refractivity (Wildman–Crippen MR) is 93.3 cm³/mol. The maximum atomic E-state index is 12.3. The molecule has 1 aliphatic rings. The summed E-state index contributed by atoms with van der Waals surface area (Å²) < 4.78 is 46.4. The van der Waals surface area contributed by atoms with Crippen molar-refractivity contribution in [3.05, 3.63) is 54.5 Å². The average molecular weight is 393 g/mol. The van der Waals surface area contributed by atoms with Crippen LogP contribution >= 0.6 is 0 Å². The zero-order valence-corrected chi connectivity index (χ0v) is 14.7. The Morgan fingerprint density at radius 2 is 2.04 bits per heavy atom. The number of ether oxygens (including phenoxy) is 2. The maximum absolute atomic E-state index is 12.3. The van der Waals surface area contributed by atoms with Crippen molar-refractivity contribution in [3.8, 4) is 17.0 Å². The molecule has 7 nitrogen and oxygen atoms in total. The van der Waals surface area contributed by atoms with Crippen molar-refractivity contribution in [1.29, 1.82) is 0 Å². The summed E-state index contributed by atoms with van der Waals surface area (Å²) in [7, 11) is 0. The van der Waals surface area contributed by atoms with Gasteiger partial charge in [0.15, 0.2) is 0 Å². The number of halogens is 3. The molecule has 3 heterocycles. The number of alkyl halides is 3. The van der Waals surface area contributed by atoms with Gasteiger partial charge < -0.3 is 19.4 Å². The van der Waals surface area contributed by atoms with E-state index in [4.69, 9.17) is 4.74 Å². The standard InChI is InChI=1S/C18H18F3N5O2/c19-18(20,21)28-14-3-1-12(2-4-14)15-8-23-17(25-15)16-10-27-6-5-26(16)9-13-7-22-11-24-13/h1-4,7-8,11,16H,5-6,9-10H2,(H,22,24)(H,23,25). The summed E-state index contributed by atoms with van der Waals surface area (Å²) in [6.07, 6.45) is 0.381. The Balaban J connectivity index is 1.49. The van der Waals surface area contributed by atoms with E-state index in [1.54, 1.807) is 30.9 Å². The van der Waals surface area contributed by atoms with Crippen molar-refractivity contribution >= 4 is 0 Å². The van der Waals surface area contributed by atoms with Crippen molar-refractivity contribution in [2.75, 3.05) is 19.8 Å². The lowest BCUT2D eigenvalue weighted by atomic mass is 10.1. The third-order valence-corrected chi connectivity index (χ3v) is 4.48. The highest BCUT2D eigenvalue weighted by atomic mass is 19.4. The number of aromatic nitrogens is 4. The molecule has 1 aliphatic heterocycles. The first-order chi connectivity index (χ1) is 13.5. The van der Waals surface area contributed by atoms with Crippen LogP contribution < -0.4 is 4.74 Å². The number of benzene rings is 1. The summed E-state index contributed by atoms with van der Waals surface area (Å²) in [5.74, 6) is 0.479. The molecule has 0 bridgehead atoms. The van der Waals surface area contributed by atoms with Gasteiger partial charge in [-0.05, 0) is 29.8 Å². The largest absolute Gasteiger partial charge is 0.573 e. The van der Waals surface area contributed by atoms with E-state index in [0.717, 1.165) is 18.1 Å². The maximum Gasteiger partial charge on any atom is 0.573 e. The van der Waals surface area contributed by atoms with Crippen LogP contribution in [-0.4, -0.2) is 51.0 Å². The van der Waals surface area contributed by atoms with E-state index in [0.29, 0.717) is 31.0 Å². The van der Waals surface area contributed by atoms with E-state index >= 15 is 0 Å². The molecule has 148 valence electrons. The third-order valence-electron chi connectivity index (χ3n) is 4.48. The average Bonchev–Trinajstić information content (AvgIpc) is 3.34. The normalized spacial score (nSPS) is 18.3. The van der Waals surface area contributed by atoms with Crippen LogP contribution in [0, 0.1) is 0 Å². The van der Waals surface area contributed by atoms with Crippen LogP contribution in [0.4, 0.5) is 13.2 Å². The summed E-state index contributed by atoms with van der Waals surface area (Å²) in [4.78, 5) is 17.1. The van der Waals surface area contributed by atoms with Crippen molar-refractivity contribution in [3.63, 3.8) is 0 Å². The van der Waals surface area contributed by atoms with Crippen LogP contribution in [-0.2, 0) is 11.3 Å². The van der Waals surface area contributed by atoms with Gasteiger partial charge in [-0.3, -0.25) is 4.90 Å². The molecule has 0 saturated carbocycles. The second-order valence-electron chi connectivity index (χ2n) is 6.39. The van der Waals surface area contributed by atoms with Gasteiger partial charge in [0.25, 0.3) is 0 Å². The molecule has 2 aromatic heterocycles. The summed E-state index contributed by atoms with van der Waals surface area (Å²) in [5, 5.41) is 0. The zero-order valence-electron chi connectivity index (χ0n) is 14.7. The molecule has 1 fully saturated rings. The van der Waals surface area contributed by atoms with Crippen molar-refractivity contribution in [2.24, 2.45) is 0 Å². The molecule has 2 N–H and O–H groups in total. The van der Waals surface area contributed by atoms with E-state index in [1.165, 1.54) is 12.1 Å². The number of nitrogens with one attached hydrogen (secondary N) is 2. The molecular formula is C18H18F3N5O2.